The highest BCUT2D eigenvalue weighted by atomic mass is 32.2. The van der Waals surface area contributed by atoms with Crippen LogP contribution < -0.4 is 0 Å². The van der Waals surface area contributed by atoms with E-state index < -0.39 is 21.4 Å². The van der Waals surface area contributed by atoms with Gasteiger partial charge < -0.3 is 9.47 Å². The molecule has 1 aliphatic heterocycles. The van der Waals surface area contributed by atoms with Gasteiger partial charge in [0.05, 0.1) is 16.6 Å². The molecule has 0 radical (unpaired) electrons. The molecule has 24 heavy (non-hydrogen) atoms. The lowest BCUT2D eigenvalue weighted by atomic mass is 9.92. The van der Waals surface area contributed by atoms with E-state index >= 15 is 0 Å². The van der Waals surface area contributed by atoms with Crippen molar-refractivity contribution >= 4 is 21.4 Å². The molecule has 0 N–H and O–H groups in total. The first-order valence-corrected chi connectivity index (χ1v) is 9.94. The highest BCUT2D eigenvalue weighted by Crippen LogP contribution is 2.40. The van der Waals surface area contributed by atoms with Crippen LogP contribution in [0.5, 0.6) is 0 Å². The lowest BCUT2D eigenvalue weighted by molar-refractivity contribution is -0.147. The van der Waals surface area contributed by atoms with Crippen LogP contribution in [-0.2, 0) is 24.1 Å². The van der Waals surface area contributed by atoms with Crippen molar-refractivity contribution in [1.29, 1.82) is 0 Å². The maximum atomic E-state index is 12.3. The Hall–Kier alpha value is -1.82. The monoisotopic (exact) mass is 352 g/mol. The van der Waals surface area contributed by atoms with Crippen molar-refractivity contribution in [3.05, 3.63) is 35.6 Å². The first-order valence-electron chi connectivity index (χ1n) is 8.05. The van der Waals surface area contributed by atoms with Gasteiger partial charge in [-0.05, 0) is 44.4 Å². The van der Waals surface area contributed by atoms with E-state index in [2.05, 4.69) is 0 Å². The molecule has 132 valence electrons. The summed E-state index contributed by atoms with van der Waals surface area (Å²) in [4.78, 5) is 12.5. The molecule has 0 unspecified atom stereocenters. The predicted octanol–water partition coefficient (Wildman–Crippen LogP) is 3.34. The van der Waals surface area contributed by atoms with Crippen molar-refractivity contribution in [2.45, 2.75) is 57.1 Å². The summed E-state index contributed by atoms with van der Waals surface area (Å²) in [5.41, 5.74) is 0.545. The highest BCUT2D eigenvalue weighted by Gasteiger charge is 2.43. The quantitative estimate of drug-likeness (QED) is 0.735. The molecule has 1 aromatic rings. The first kappa shape index (κ1) is 18.5. The van der Waals surface area contributed by atoms with Gasteiger partial charge in [0.25, 0.3) is 0 Å². The number of ether oxygens (including phenoxy) is 2. The van der Waals surface area contributed by atoms with E-state index in [0.29, 0.717) is 5.57 Å². The smallest absolute Gasteiger partial charge is 0.374 e. The van der Waals surface area contributed by atoms with Gasteiger partial charge in [-0.1, -0.05) is 26.0 Å². The van der Waals surface area contributed by atoms with E-state index in [9.17, 15) is 13.2 Å². The summed E-state index contributed by atoms with van der Waals surface area (Å²) >= 11 is 0. The van der Waals surface area contributed by atoms with Gasteiger partial charge in [0.1, 0.15) is 5.60 Å². The third-order valence-corrected chi connectivity index (χ3v) is 5.26. The summed E-state index contributed by atoms with van der Waals surface area (Å²) in [5.74, 6) is -0.255. The molecule has 1 aromatic carbocycles. The summed E-state index contributed by atoms with van der Waals surface area (Å²) in [7, 11) is -3.27. The van der Waals surface area contributed by atoms with Crippen molar-refractivity contribution in [3.8, 4) is 0 Å². The highest BCUT2D eigenvalue weighted by molar-refractivity contribution is 7.90. The third kappa shape index (κ3) is 3.64. The van der Waals surface area contributed by atoms with Crippen LogP contribution in [0, 0.1) is 0 Å². The van der Waals surface area contributed by atoms with E-state index in [-0.39, 0.29) is 16.8 Å². The largest absolute Gasteiger partial charge is 0.483 e. The zero-order chi connectivity index (χ0) is 18.1. The van der Waals surface area contributed by atoms with Crippen molar-refractivity contribution in [3.63, 3.8) is 0 Å². The Labute approximate surface area is 143 Å². The average molecular weight is 352 g/mol. The third-order valence-electron chi connectivity index (χ3n) is 4.13. The fourth-order valence-corrected chi connectivity index (χ4v) is 3.41. The van der Waals surface area contributed by atoms with Crippen LogP contribution >= 0.6 is 0 Å². The Bertz CT molecular complexity index is 753. The second kappa shape index (κ2) is 6.59. The van der Waals surface area contributed by atoms with Crippen molar-refractivity contribution in [1.82, 2.24) is 0 Å². The van der Waals surface area contributed by atoms with Gasteiger partial charge in [0.15, 0.2) is 9.84 Å². The number of esters is 1. The molecule has 5 nitrogen and oxygen atoms in total. The fourth-order valence-electron chi connectivity index (χ4n) is 2.78. The van der Waals surface area contributed by atoms with Crippen molar-refractivity contribution in [2.24, 2.45) is 0 Å². The SMILES string of the molecule is CCC(CC)OC1=C(c2ccc(S(C)(=O)=O)cc2)C(C)(C)OC1=O. The zero-order valence-electron chi connectivity index (χ0n) is 14.8. The van der Waals surface area contributed by atoms with Gasteiger partial charge in [0, 0.05) is 6.26 Å². The number of rotatable bonds is 6. The Kier molecular flexibility index (Phi) is 5.08. The molecule has 0 atom stereocenters. The van der Waals surface area contributed by atoms with Gasteiger partial charge in [0.2, 0.25) is 5.76 Å². The number of hydrogen-bond donors (Lipinski definition) is 0. The summed E-state index contributed by atoms with van der Waals surface area (Å²) < 4.78 is 34.6. The normalized spacial score (nSPS) is 17.3. The molecule has 1 heterocycles. The van der Waals surface area contributed by atoms with Crippen LogP contribution in [0.15, 0.2) is 34.9 Å². The molecule has 2 rings (SSSR count). The van der Waals surface area contributed by atoms with Gasteiger partial charge in [-0.15, -0.1) is 0 Å². The number of hydrogen-bond acceptors (Lipinski definition) is 5. The Morgan fingerprint density at radius 2 is 1.67 bits per heavy atom. The molecule has 1 aliphatic rings. The van der Waals surface area contributed by atoms with Crippen LogP contribution in [0.1, 0.15) is 46.1 Å². The number of carbonyl (C=O) groups excluding carboxylic acids is 1. The lowest BCUT2D eigenvalue weighted by Gasteiger charge is -2.21. The molecule has 0 fully saturated rings. The van der Waals surface area contributed by atoms with Gasteiger partial charge in [-0.2, -0.15) is 0 Å². The van der Waals surface area contributed by atoms with Gasteiger partial charge >= 0.3 is 5.97 Å². The molecule has 6 heteroatoms. The lowest BCUT2D eigenvalue weighted by Crippen LogP contribution is -2.22. The van der Waals surface area contributed by atoms with E-state index in [0.717, 1.165) is 24.7 Å². The number of carbonyl (C=O) groups is 1. The minimum atomic E-state index is -3.27. The molecule has 0 bridgehead atoms. The maximum Gasteiger partial charge on any atom is 0.374 e. The minimum Gasteiger partial charge on any atom is -0.483 e. The molecule has 0 spiro atoms. The van der Waals surface area contributed by atoms with Crippen LogP contribution in [-0.4, -0.2) is 32.3 Å². The minimum absolute atomic E-state index is 0.0632. The summed E-state index contributed by atoms with van der Waals surface area (Å²) in [6.45, 7) is 7.60. The van der Waals surface area contributed by atoms with Crippen molar-refractivity contribution < 1.29 is 22.7 Å². The van der Waals surface area contributed by atoms with Crippen LogP contribution in [0.3, 0.4) is 0 Å². The standard InChI is InChI=1S/C18H24O5S/c1-6-13(7-2)22-16-15(18(3,4)23-17(16)19)12-8-10-14(11-9-12)24(5,20)21/h8-11,13H,6-7H2,1-5H3. The molecule has 0 saturated heterocycles. The number of benzene rings is 1. The molecular formula is C18H24O5S. The topological polar surface area (TPSA) is 69.7 Å². The maximum absolute atomic E-state index is 12.3. The molecule has 0 aliphatic carbocycles. The molecule has 0 aromatic heterocycles. The summed E-state index contributed by atoms with van der Waals surface area (Å²) in [6, 6.07) is 6.44. The van der Waals surface area contributed by atoms with Gasteiger partial charge in [-0.3, -0.25) is 0 Å². The van der Waals surface area contributed by atoms with Crippen LogP contribution in [0.25, 0.3) is 5.57 Å². The number of sulfone groups is 1. The van der Waals surface area contributed by atoms with Crippen LogP contribution in [0.2, 0.25) is 0 Å². The predicted molar refractivity (Wildman–Crippen MR) is 92.1 cm³/mol. The van der Waals surface area contributed by atoms with E-state index in [4.69, 9.17) is 9.47 Å². The van der Waals surface area contributed by atoms with E-state index in [1.807, 2.05) is 13.8 Å². The molecule has 0 amide bonds. The second-order valence-electron chi connectivity index (χ2n) is 6.46. The van der Waals surface area contributed by atoms with Crippen molar-refractivity contribution in [2.75, 3.05) is 6.26 Å². The van der Waals surface area contributed by atoms with E-state index in [1.54, 1.807) is 26.0 Å². The Morgan fingerprint density at radius 3 is 2.12 bits per heavy atom. The molecular weight excluding hydrogens is 328 g/mol. The van der Waals surface area contributed by atoms with E-state index in [1.165, 1.54) is 12.1 Å². The average Bonchev–Trinajstić information content (AvgIpc) is 2.72. The first-order chi connectivity index (χ1) is 11.1. The summed E-state index contributed by atoms with van der Waals surface area (Å²) in [5, 5.41) is 0. The van der Waals surface area contributed by atoms with Crippen LogP contribution in [0.4, 0.5) is 0 Å². The zero-order valence-corrected chi connectivity index (χ0v) is 15.6. The second-order valence-corrected chi connectivity index (χ2v) is 8.47. The number of cyclic esters (lactones) is 1. The fraction of sp³-hybridized carbons (Fsp3) is 0.500. The summed E-state index contributed by atoms with van der Waals surface area (Å²) in [6.07, 6.45) is 2.67. The van der Waals surface area contributed by atoms with Gasteiger partial charge in [-0.25, -0.2) is 13.2 Å². The Balaban J connectivity index is 2.52. The Morgan fingerprint density at radius 1 is 1.12 bits per heavy atom. The molecule has 0 saturated carbocycles.